The summed E-state index contributed by atoms with van der Waals surface area (Å²) in [6.07, 6.45) is 1.69. The first-order valence-corrected chi connectivity index (χ1v) is 11.8. The summed E-state index contributed by atoms with van der Waals surface area (Å²) in [6.45, 7) is 5.54. The third kappa shape index (κ3) is 4.83. The third-order valence-corrected chi connectivity index (χ3v) is 6.67. The van der Waals surface area contributed by atoms with Gasteiger partial charge in [-0.1, -0.05) is 30.3 Å². The van der Waals surface area contributed by atoms with E-state index in [0.717, 1.165) is 43.6 Å². The van der Waals surface area contributed by atoms with Crippen LogP contribution in [0.4, 0.5) is 0 Å². The Hall–Kier alpha value is -3.19. The van der Waals surface area contributed by atoms with Crippen LogP contribution in [0.5, 0.6) is 5.75 Å². The second-order valence-corrected chi connectivity index (χ2v) is 8.75. The summed E-state index contributed by atoms with van der Waals surface area (Å²) < 4.78 is 8.98. The number of thiophene rings is 1. The molecule has 2 heterocycles. The molecule has 4 rings (SSSR count). The molecule has 0 saturated heterocycles. The van der Waals surface area contributed by atoms with E-state index in [9.17, 15) is 9.59 Å². The van der Waals surface area contributed by atoms with Gasteiger partial charge in [-0.3, -0.25) is 9.59 Å². The Labute approximate surface area is 190 Å². The number of aryl methyl sites for hydroxylation is 2. The molecule has 0 saturated carbocycles. The molecular weight excluding hydrogens is 422 g/mol. The van der Waals surface area contributed by atoms with Gasteiger partial charge in [-0.2, -0.15) is 5.10 Å². The molecule has 2 aromatic carbocycles. The number of nitrogens with one attached hydrogen (secondary N) is 1. The van der Waals surface area contributed by atoms with Gasteiger partial charge in [0.1, 0.15) is 5.75 Å². The molecule has 0 fully saturated rings. The first-order chi connectivity index (χ1) is 15.6. The maximum atomic E-state index is 13.0. The molecule has 0 aliphatic rings. The van der Waals surface area contributed by atoms with Crippen molar-refractivity contribution in [2.24, 2.45) is 0 Å². The molecule has 0 bridgehead atoms. The van der Waals surface area contributed by atoms with Crippen LogP contribution in [-0.4, -0.2) is 28.8 Å². The van der Waals surface area contributed by atoms with Crippen molar-refractivity contribution in [3.05, 3.63) is 70.1 Å². The van der Waals surface area contributed by atoms with Crippen LogP contribution in [0, 0.1) is 6.92 Å². The predicted molar refractivity (Wildman–Crippen MR) is 130 cm³/mol. The zero-order valence-electron chi connectivity index (χ0n) is 18.4. The number of benzene rings is 2. The molecule has 4 aromatic rings. The van der Waals surface area contributed by atoms with Crippen molar-refractivity contribution in [3.63, 3.8) is 0 Å². The van der Waals surface area contributed by atoms with Crippen LogP contribution in [0.25, 0.3) is 20.2 Å². The van der Waals surface area contributed by atoms with Gasteiger partial charge in [0.05, 0.1) is 22.4 Å². The van der Waals surface area contributed by atoms with Gasteiger partial charge in [0, 0.05) is 29.6 Å². The predicted octanol–water partition coefficient (Wildman–Crippen LogP) is 4.46. The first kappa shape index (κ1) is 22.0. The first-order valence-electron chi connectivity index (χ1n) is 10.9. The van der Waals surface area contributed by atoms with E-state index in [0.29, 0.717) is 32.5 Å². The highest BCUT2D eigenvalue weighted by Gasteiger charge is 2.14. The van der Waals surface area contributed by atoms with Crippen molar-refractivity contribution < 1.29 is 9.53 Å². The van der Waals surface area contributed by atoms with Crippen LogP contribution >= 0.6 is 11.3 Å². The molecule has 7 heteroatoms. The number of fused-ring (bicyclic) bond motifs is 3. The van der Waals surface area contributed by atoms with Crippen molar-refractivity contribution in [2.45, 2.75) is 39.7 Å². The van der Waals surface area contributed by atoms with E-state index in [1.807, 2.05) is 62.4 Å². The fourth-order valence-electron chi connectivity index (χ4n) is 3.81. The Morgan fingerprint density at radius 2 is 1.94 bits per heavy atom. The fourth-order valence-corrected chi connectivity index (χ4v) is 4.94. The summed E-state index contributed by atoms with van der Waals surface area (Å²) in [4.78, 5) is 25.2. The molecule has 1 N–H and O–H groups in total. The second-order valence-electron chi connectivity index (χ2n) is 7.70. The van der Waals surface area contributed by atoms with E-state index >= 15 is 0 Å². The van der Waals surface area contributed by atoms with Crippen LogP contribution in [0.15, 0.2) is 53.3 Å². The largest absolute Gasteiger partial charge is 0.494 e. The van der Waals surface area contributed by atoms with E-state index in [4.69, 9.17) is 4.74 Å². The standard InChI is InChI=1S/C25H27N3O3S/c1-3-31-19-12-10-18(11-13-19)14-15-26-22(29)9-6-16-28-25(30)23-20-7-4-5-8-21(20)32-24(23)17(2)27-28/h4-5,7-8,10-13H,3,6,9,14-16H2,1-2H3,(H,26,29). The average Bonchev–Trinajstić information content (AvgIpc) is 3.19. The number of rotatable bonds is 9. The van der Waals surface area contributed by atoms with Crippen molar-refractivity contribution in [1.82, 2.24) is 15.1 Å². The minimum absolute atomic E-state index is 0.0113. The van der Waals surface area contributed by atoms with Crippen LogP contribution < -0.4 is 15.6 Å². The maximum Gasteiger partial charge on any atom is 0.276 e. The summed E-state index contributed by atoms with van der Waals surface area (Å²) in [7, 11) is 0. The monoisotopic (exact) mass is 449 g/mol. The maximum absolute atomic E-state index is 13.0. The Morgan fingerprint density at radius 3 is 2.72 bits per heavy atom. The molecule has 0 spiro atoms. The summed E-state index contributed by atoms with van der Waals surface area (Å²) in [5.74, 6) is 0.843. The highest BCUT2D eigenvalue weighted by atomic mass is 32.1. The lowest BCUT2D eigenvalue weighted by Crippen LogP contribution is -2.27. The fraction of sp³-hybridized carbons (Fsp3) is 0.320. The highest BCUT2D eigenvalue weighted by molar-refractivity contribution is 7.26. The number of ether oxygens (including phenoxy) is 1. The number of amides is 1. The SMILES string of the molecule is CCOc1ccc(CCNC(=O)CCCn2nc(C)c3sc4ccccc4c3c2=O)cc1. The van der Waals surface area contributed by atoms with Gasteiger partial charge < -0.3 is 10.1 Å². The van der Waals surface area contributed by atoms with Crippen LogP contribution in [0.1, 0.15) is 31.0 Å². The van der Waals surface area contributed by atoms with E-state index in [1.165, 1.54) is 4.68 Å². The summed E-state index contributed by atoms with van der Waals surface area (Å²) >= 11 is 1.60. The van der Waals surface area contributed by atoms with Gasteiger partial charge in [-0.05, 0) is 50.5 Å². The third-order valence-electron chi connectivity index (χ3n) is 5.39. The van der Waals surface area contributed by atoms with Gasteiger partial charge in [0.25, 0.3) is 5.56 Å². The Morgan fingerprint density at radius 1 is 1.16 bits per heavy atom. The lowest BCUT2D eigenvalue weighted by Gasteiger charge is -2.08. The van der Waals surface area contributed by atoms with Crippen molar-refractivity contribution >= 4 is 37.4 Å². The Bertz CT molecular complexity index is 1290. The van der Waals surface area contributed by atoms with Gasteiger partial charge in [0.2, 0.25) is 5.91 Å². The molecule has 0 atom stereocenters. The number of carbonyl (C=O) groups excluding carboxylic acids is 1. The summed E-state index contributed by atoms with van der Waals surface area (Å²) in [5.41, 5.74) is 1.91. The normalized spacial score (nSPS) is 11.2. The molecule has 2 aromatic heterocycles. The van der Waals surface area contributed by atoms with Gasteiger partial charge in [0.15, 0.2) is 0 Å². The topological polar surface area (TPSA) is 73.2 Å². The molecule has 6 nitrogen and oxygen atoms in total. The van der Waals surface area contributed by atoms with Crippen molar-refractivity contribution in [3.8, 4) is 5.75 Å². The smallest absolute Gasteiger partial charge is 0.276 e. The minimum Gasteiger partial charge on any atom is -0.494 e. The molecule has 1 amide bonds. The zero-order valence-corrected chi connectivity index (χ0v) is 19.2. The number of carbonyl (C=O) groups is 1. The second kappa shape index (κ2) is 9.96. The Balaban J connectivity index is 1.31. The van der Waals surface area contributed by atoms with Crippen molar-refractivity contribution in [2.75, 3.05) is 13.2 Å². The molecule has 0 aliphatic heterocycles. The van der Waals surface area contributed by atoms with E-state index < -0.39 is 0 Å². The molecule has 32 heavy (non-hydrogen) atoms. The quantitative estimate of drug-likeness (QED) is 0.410. The number of hydrogen-bond donors (Lipinski definition) is 1. The van der Waals surface area contributed by atoms with Crippen LogP contribution in [0.2, 0.25) is 0 Å². The number of nitrogens with zero attached hydrogens (tertiary/aromatic N) is 2. The molecule has 166 valence electrons. The van der Waals surface area contributed by atoms with Crippen molar-refractivity contribution in [1.29, 1.82) is 0 Å². The highest BCUT2D eigenvalue weighted by Crippen LogP contribution is 2.32. The molecule has 0 aliphatic carbocycles. The van der Waals surface area contributed by atoms with E-state index in [1.54, 1.807) is 11.3 Å². The Kier molecular flexibility index (Phi) is 6.85. The summed E-state index contributed by atoms with van der Waals surface area (Å²) in [6, 6.07) is 15.9. The lowest BCUT2D eigenvalue weighted by atomic mass is 10.1. The molecule has 0 unspecified atom stereocenters. The molecular formula is C25H27N3O3S. The van der Waals surface area contributed by atoms with Gasteiger partial charge in [-0.25, -0.2) is 4.68 Å². The van der Waals surface area contributed by atoms with Crippen LogP contribution in [-0.2, 0) is 17.8 Å². The molecule has 0 radical (unpaired) electrons. The van der Waals surface area contributed by atoms with Gasteiger partial charge in [-0.15, -0.1) is 11.3 Å². The summed E-state index contributed by atoms with van der Waals surface area (Å²) in [5, 5.41) is 9.15. The number of hydrogen-bond acceptors (Lipinski definition) is 5. The van der Waals surface area contributed by atoms with E-state index in [2.05, 4.69) is 10.4 Å². The number of aromatic nitrogens is 2. The average molecular weight is 450 g/mol. The van der Waals surface area contributed by atoms with E-state index in [-0.39, 0.29) is 11.5 Å². The van der Waals surface area contributed by atoms with Gasteiger partial charge >= 0.3 is 0 Å². The van der Waals surface area contributed by atoms with Crippen LogP contribution in [0.3, 0.4) is 0 Å². The lowest BCUT2D eigenvalue weighted by molar-refractivity contribution is -0.121. The minimum atomic E-state index is -0.0843. The zero-order chi connectivity index (χ0) is 22.5.